The van der Waals surface area contributed by atoms with Crippen LogP contribution in [0.5, 0.6) is 0 Å². The molecule has 0 fully saturated rings. The van der Waals surface area contributed by atoms with E-state index in [9.17, 15) is 0 Å². The third-order valence-corrected chi connectivity index (χ3v) is 8.08. The smallest absolute Gasteiger partial charge is 0.164 e. The summed E-state index contributed by atoms with van der Waals surface area (Å²) in [5, 5.41) is 3.48. The van der Waals surface area contributed by atoms with Gasteiger partial charge < -0.3 is 4.42 Å². The predicted octanol–water partition coefficient (Wildman–Crippen LogP) is 11.3. The summed E-state index contributed by atoms with van der Waals surface area (Å²) in [5.41, 5.74) is 3.53. The molecule has 0 bridgehead atoms. The summed E-state index contributed by atoms with van der Waals surface area (Å²) in [6.45, 7) is 0. The first-order chi connectivity index (χ1) is 27.0. The van der Waals surface area contributed by atoms with Gasteiger partial charge in [0.15, 0.2) is 17.5 Å². The van der Waals surface area contributed by atoms with Crippen LogP contribution in [0.3, 0.4) is 0 Å². The minimum Gasteiger partial charge on any atom is -0.456 e. The van der Waals surface area contributed by atoms with Gasteiger partial charge in [-0.15, -0.1) is 0 Å². The summed E-state index contributed by atoms with van der Waals surface area (Å²) in [6, 6.07) is 29.6. The largest absolute Gasteiger partial charge is 0.456 e. The maximum Gasteiger partial charge on any atom is 0.164 e. The molecule has 2 aromatic heterocycles. The second kappa shape index (κ2) is 11.2. The average Bonchev–Trinajstić information content (AvgIpc) is 3.62. The number of nitrogens with zero attached hydrogens (tertiary/aromatic N) is 3. The summed E-state index contributed by atoms with van der Waals surface area (Å²) < 4.78 is 83.8. The number of para-hydroxylation sites is 1. The molecule has 47 heavy (non-hydrogen) atoms. The highest BCUT2D eigenvalue weighted by molar-refractivity contribution is 6.11. The number of hydrogen-bond donors (Lipinski definition) is 0. The molecule has 0 radical (unpaired) electrons. The lowest BCUT2D eigenvalue weighted by atomic mass is 10.00. The van der Waals surface area contributed by atoms with Crippen LogP contribution in [0.15, 0.2) is 168 Å². The van der Waals surface area contributed by atoms with Crippen molar-refractivity contribution in [1.29, 1.82) is 0 Å². The minimum atomic E-state index is -0.652. The minimum absolute atomic E-state index is 0.140. The van der Waals surface area contributed by atoms with E-state index < -0.39 is 65.5 Å². The Balaban J connectivity index is 1.28. The van der Waals surface area contributed by atoms with E-state index in [1.54, 1.807) is 0 Å². The van der Waals surface area contributed by atoms with Gasteiger partial charge in [-0.3, -0.25) is 0 Å². The van der Waals surface area contributed by atoms with E-state index in [4.69, 9.17) is 31.7 Å². The van der Waals surface area contributed by atoms with Crippen molar-refractivity contribution in [3.8, 4) is 56.4 Å². The molecule has 9 aromatic rings. The van der Waals surface area contributed by atoms with E-state index in [0.717, 1.165) is 32.7 Å². The molecular formula is C43H27N3O. The summed E-state index contributed by atoms with van der Waals surface area (Å²) in [6.07, 6.45) is 0. The van der Waals surface area contributed by atoms with Gasteiger partial charge in [-0.25, -0.2) is 15.0 Å². The normalized spacial score (nSPS) is 14.1. The van der Waals surface area contributed by atoms with Crippen LogP contribution in [-0.4, -0.2) is 15.0 Å². The van der Waals surface area contributed by atoms with E-state index in [2.05, 4.69) is 18.2 Å². The fourth-order valence-electron chi connectivity index (χ4n) is 5.82. The lowest BCUT2D eigenvalue weighted by molar-refractivity contribution is 0.669. The summed E-state index contributed by atoms with van der Waals surface area (Å²) in [5.74, 6) is 0.280. The average molecular weight is 611 g/mol. The van der Waals surface area contributed by atoms with Crippen molar-refractivity contribution in [2.24, 2.45) is 0 Å². The van der Waals surface area contributed by atoms with Gasteiger partial charge in [0.2, 0.25) is 0 Å². The molecule has 4 heteroatoms. The molecular weight excluding hydrogens is 574 g/mol. The molecule has 0 saturated heterocycles. The second-order valence-corrected chi connectivity index (χ2v) is 11.0. The molecule has 0 saturated carbocycles. The first-order valence-electron chi connectivity index (χ1n) is 19.5. The molecule has 2 heterocycles. The molecule has 0 aliphatic heterocycles. The van der Waals surface area contributed by atoms with Gasteiger partial charge in [-0.2, -0.15) is 0 Å². The molecule has 4 nitrogen and oxygen atoms in total. The molecule has 0 N–H and O–H groups in total. The van der Waals surface area contributed by atoms with Crippen molar-refractivity contribution in [3.63, 3.8) is 0 Å². The second-order valence-electron chi connectivity index (χ2n) is 11.0. The molecule has 0 unspecified atom stereocenters. The van der Waals surface area contributed by atoms with Gasteiger partial charge in [0.05, 0.1) is 12.3 Å². The van der Waals surface area contributed by atoms with Crippen molar-refractivity contribution < 1.29 is 16.8 Å². The monoisotopic (exact) mass is 610 g/mol. The van der Waals surface area contributed by atoms with Crippen molar-refractivity contribution in [2.75, 3.05) is 0 Å². The Morgan fingerprint density at radius 2 is 1.04 bits per heavy atom. The fraction of sp³-hybridized carbons (Fsp3) is 0. The van der Waals surface area contributed by atoms with E-state index in [1.807, 2.05) is 91.0 Å². The zero-order valence-electron chi connectivity index (χ0n) is 33.6. The van der Waals surface area contributed by atoms with Gasteiger partial charge in [0.25, 0.3) is 0 Å². The fourth-order valence-corrected chi connectivity index (χ4v) is 5.82. The highest BCUT2D eigenvalue weighted by atomic mass is 16.3. The standard InChI is InChI=1S/C43H27N3O/c1-3-10-28(11-4-1)30-18-20-31(21-19-30)41-44-42(35-25-24-33-26-32(22-23-34(33)27-35)29-12-5-2-6-13-29)46-43(45-41)37-15-9-17-39-40(37)36-14-7-8-16-38(36)47-39/h1-27H/i1D,3D,4D,10D,11D,18D,19D,20D,21D. The summed E-state index contributed by atoms with van der Waals surface area (Å²) in [7, 11) is 0. The Morgan fingerprint density at radius 3 is 1.85 bits per heavy atom. The van der Waals surface area contributed by atoms with Gasteiger partial charge in [0, 0.05) is 27.5 Å². The van der Waals surface area contributed by atoms with E-state index in [0.29, 0.717) is 22.3 Å². The van der Waals surface area contributed by atoms with Crippen LogP contribution in [0.4, 0.5) is 0 Å². The maximum absolute atomic E-state index is 9.15. The van der Waals surface area contributed by atoms with Gasteiger partial charge in [-0.1, -0.05) is 139 Å². The molecule has 0 aliphatic rings. The van der Waals surface area contributed by atoms with Crippen LogP contribution in [-0.2, 0) is 0 Å². The SMILES string of the molecule is [2H]c1c([2H])c([2H])c(-c2c([2H])c([2H])c(-c3nc(-c4ccc5cc(-c6ccccc6)ccc5c4)nc(-c4cccc5oc6ccccc6c45)n3)c([2H])c2[2H])c([2H])c1[2H]. The Morgan fingerprint density at radius 1 is 0.426 bits per heavy atom. The molecule has 220 valence electrons. The van der Waals surface area contributed by atoms with Crippen LogP contribution in [0.2, 0.25) is 0 Å². The highest BCUT2D eigenvalue weighted by Crippen LogP contribution is 2.37. The lowest BCUT2D eigenvalue weighted by Crippen LogP contribution is -2.00. The molecule has 9 rings (SSSR count). The molecule has 0 aliphatic carbocycles. The van der Waals surface area contributed by atoms with Gasteiger partial charge in [-0.05, 0) is 57.3 Å². The van der Waals surface area contributed by atoms with E-state index in [1.165, 1.54) is 0 Å². The first kappa shape index (κ1) is 19.2. The van der Waals surface area contributed by atoms with Crippen LogP contribution in [0.25, 0.3) is 89.1 Å². The van der Waals surface area contributed by atoms with Crippen molar-refractivity contribution in [1.82, 2.24) is 15.0 Å². The van der Waals surface area contributed by atoms with Gasteiger partial charge in [0.1, 0.15) is 11.2 Å². The number of aromatic nitrogens is 3. The predicted molar refractivity (Wildman–Crippen MR) is 192 cm³/mol. The van der Waals surface area contributed by atoms with Crippen LogP contribution < -0.4 is 0 Å². The Hall–Kier alpha value is -6.39. The van der Waals surface area contributed by atoms with Crippen LogP contribution in [0.1, 0.15) is 12.3 Å². The number of furan rings is 1. The van der Waals surface area contributed by atoms with E-state index >= 15 is 0 Å². The number of benzene rings is 7. The van der Waals surface area contributed by atoms with Crippen molar-refractivity contribution in [3.05, 3.63) is 164 Å². The third kappa shape index (κ3) is 4.93. The summed E-state index contributed by atoms with van der Waals surface area (Å²) >= 11 is 0. The molecule has 0 spiro atoms. The lowest BCUT2D eigenvalue weighted by Gasteiger charge is -2.11. The number of rotatable bonds is 5. The number of fused-ring (bicyclic) bond motifs is 4. The van der Waals surface area contributed by atoms with Crippen molar-refractivity contribution >= 4 is 32.7 Å². The molecule has 0 amide bonds. The Labute approximate surface area is 284 Å². The molecule has 7 aromatic carbocycles. The Kier molecular flexibility index (Phi) is 4.57. The highest BCUT2D eigenvalue weighted by Gasteiger charge is 2.18. The van der Waals surface area contributed by atoms with E-state index in [-0.39, 0.29) is 23.0 Å². The quantitative estimate of drug-likeness (QED) is 0.195. The summed E-state index contributed by atoms with van der Waals surface area (Å²) in [4.78, 5) is 14.5. The van der Waals surface area contributed by atoms with Gasteiger partial charge >= 0.3 is 0 Å². The zero-order valence-corrected chi connectivity index (χ0v) is 24.6. The first-order valence-corrected chi connectivity index (χ1v) is 15.0. The molecule has 0 atom stereocenters. The number of hydrogen-bond acceptors (Lipinski definition) is 4. The van der Waals surface area contributed by atoms with Crippen LogP contribution >= 0.6 is 0 Å². The third-order valence-electron chi connectivity index (χ3n) is 8.08. The zero-order chi connectivity index (χ0) is 39.0. The van der Waals surface area contributed by atoms with Crippen LogP contribution in [0, 0.1) is 0 Å². The Bertz CT molecular complexity index is 3040. The maximum atomic E-state index is 9.15. The van der Waals surface area contributed by atoms with Crippen molar-refractivity contribution in [2.45, 2.75) is 0 Å². The topological polar surface area (TPSA) is 51.8 Å².